The summed E-state index contributed by atoms with van der Waals surface area (Å²) >= 11 is 0. The van der Waals surface area contributed by atoms with Crippen molar-refractivity contribution in [2.24, 2.45) is 17.4 Å². The third kappa shape index (κ3) is 7.92. The van der Waals surface area contributed by atoms with Crippen LogP contribution in [0.1, 0.15) is 34.1 Å². The van der Waals surface area contributed by atoms with Crippen LogP contribution in [-0.2, 0) is 24.0 Å². The minimum atomic E-state index is -1.30. The number of hydrogen-bond donors (Lipinski definition) is 6. The van der Waals surface area contributed by atoms with Crippen LogP contribution in [0.3, 0.4) is 0 Å². The second-order valence-electron chi connectivity index (χ2n) is 6.32. The number of nitrogens with one attached hydrogen (secondary N) is 3. The number of primary amides is 1. The highest BCUT2D eigenvalue weighted by Crippen LogP contribution is 2.02. The largest absolute Gasteiger partial charge is 0.480 e. The van der Waals surface area contributed by atoms with Gasteiger partial charge in [-0.1, -0.05) is 13.8 Å². The summed E-state index contributed by atoms with van der Waals surface area (Å²) in [6.45, 7) is 5.97. The predicted molar refractivity (Wildman–Crippen MR) is 91.4 cm³/mol. The van der Waals surface area contributed by atoms with Crippen molar-refractivity contribution in [1.82, 2.24) is 16.0 Å². The number of carboxylic acid groups (broad SMARTS) is 1. The Morgan fingerprint density at radius 3 is 1.81 bits per heavy atom. The number of carbonyl (C=O) groups is 5. The number of nitrogens with two attached hydrogens (primary N) is 2. The Labute approximate surface area is 151 Å². The molecule has 0 bridgehead atoms. The van der Waals surface area contributed by atoms with Crippen LogP contribution < -0.4 is 27.4 Å². The van der Waals surface area contributed by atoms with Gasteiger partial charge in [0.05, 0.1) is 12.5 Å². The zero-order valence-corrected chi connectivity index (χ0v) is 15.2. The number of amides is 4. The maximum absolute atomic E-state index is 12.2. The molecule has 4 amide bonds. The molecular weight excluding hydrogens is 346 g/mol. The molecule has 11 heteroatoms. The predicted octanol–water partition coefficient (Wildman–Crippen LogP) is -2.58. The Kier molecular flexibility index (Phi) is 9.27. The third-order valence-electron chi connectivity index (χ3n) is 3.43. The summed E-state index contributed by atoms with van der Waals surface area (Å²) in [5, 5.41) is 16.0. The molecule has 0 aromatic heterocycles. The molecule has 0 aliphatic carbocycles. The number of carboxylic acids is 1. The van der Waals surface area contributed by atoms with Gasteiger partial charge in [-0.3, -0.25) is 19.2 Å². The first-order valence-electron chi connectivity index (χ1n) is 8.04. The van der Waals surface area contributed by atoms with Crippen molar-refractivity contribution in [2.75, 3.05) is 0 Å². The third-order valence-corrected chi connectivity index (χ3v) is 3.43. The molecule has 0 radical (unpaired) electrons. The summed E-state index contributed by atoms with van der Waals surface area (Å²) in [6.07, 6.45) is -0.484. The monoisotopic (exact) mass is 373 g/mol. The van der Waals surface area contributed by atoms with Gasteiger partial charge in [-0.2, -0.15) is 0 Å². The fourth-order valence-corrected chi connectivity index (χ4v) is 1.88. The maximum Gasteiger partial charge on any atom is 0.326 e. The van der Waals surface area contributed by atoms with Crippen molar-refractivity contribution in [1.29, 1.82) is 0 Å². The molecule has 8 N–H and O–H groups in total. The van der Waals surface area contributed by atoms with E-state index in [1.807, 2.05) is 0 Å². The Bertz CT molecular complexity index is 563. The molecule has 0 aromatic rings. The van der Waals surface area contributed by atoms with Crippen LogP contribution in [0.5, 0.6) is 0 Å². The van der Waals surface area contributed by atoms with Gasteiger partial charge in [0.15, 0.2) is 0 Å². The normalized spacial score (nSPS) is 15.3. The first-order valence-corrected chi connectivity index (χ1v) is 8.04. The second kappa shape index (κ2) is 10.3. The zero-order valence-electron chi connectivity index (χ0n) is 15.2. The summed E-state index contributed by atoms with van der Waals surface area (Å²) in [6, 6.07) is -4.45. The van der Waals surface area contributed by atoms with Crippen LogP contribution in [0.4, 0.5) is 0 Å². The highest BCUT2D eigenvalue weighted by molar-refractivity contribution is 5.95. The van der Waals surface area contributed by atoms with Crippen LogP contribution >= 0.6 is 0 Å². The van der Waals surface area contributed by atoms with Crippen molar-refractivity contribution in [2.45, 2.75) is 58.3 Å². The van der Waals surface area contributed by atoms with E-state index in [2.05, 4.69) is 16.0 Å². The molecule has 0 fully saturated rings. The minimum absolute atomic E-state index is 0.368. The van der Waals surface area contributed by atoms with E-state index in [0.29, 0.717) is 0 Å². The van der Waals surface area contributed by atoms with E-state index in [0.717, 1.165) is 0 Å². The van der Waals surface area contributed by atoms with Crippen molar-refractivity contribution in [3.8, 4) is 0 Å². The molecule has 0 spiro atoms. The zero-order chi connectivity index (χ0) is 20.6. The molecular formula is C15H27N5O6. The van der Waals surface area contributed by atoms with Gasteiger partial charge in [0, 0.05) is 0 Å². The van der Waals surface area contributed by atoms with Crippen LogP contribution in [0.15, 0.2) is 0 Å². The highest BCUT2D eigenvalue weighted by Gasteiger charge is 2.29. The van der Waals surface area contributed by atoms with Crippen LogP contribution in [0.25, 0.3) is 0 Å². The van der Waals surface area contributed by atoms with E-state index in [1.165, 1.54) is 13.8 Å². The number of aliphatic carboxylic acids is 1. The number of hydrogen-bond acceptors (Lipinski definition) is 6. The Morgan fingerprint density at radius 2 is 1.42 bits per heavy atom. The van der Waals surface area contributed by atoms with Gasteiger partial charge < -0.3 is 32.5 Å². The Morgan fingerprint density at radius 1 is 0.885 bits per heavy atom. The molecule has 0 aromatic carbocycles. The lowest BCUT2D eigenvalue weighted by Crippen LogP contribution is -2.57. The van der Waals surface area contributed by atoms with Crippen LogP contribution in [-0.4, -0.2) is 58.9 Å². The van der Waals surface area contributed by atoms with Gasteiger partial charge in [-0.25, -0.2) is 4.79 Å². The molecule has 11 nitrogen and oxygen atoms in total. The average molecular weight is 373 g/mol. The van der Waals surface area contributed by atoms with E-state index in [9.17, 15) is 24.0 Å². The van der Waals surface area contributed by atoms with Crippen molar-refractivity contribution < 1.29 is 29.1 Å². The second-order valence-corrected chi connectivity index (χ2v) is 6.32. The topological polar surface area (TPSA) is 194 Å². The lowest BCUT2D eigenvalue weighted by atomic mass is 10.0. The lowest BCUT2D eigenvalue weighted by molar-refractivity contribution is -0.143. The van der Waals surface area contributed by atoms with Gasteiger partial charge in [-0.05, 0) is 19.8 Å². The van der Waals surface area contributed by atoms with Crippen LogP contribution in [0.2, 0.25) is 0 Å². The van der Waals surface area contributed by atoms with E-state index < -0.39 is 60.2 Å². The first-order chi connectivity index (χ1) is 11.9. The van der Waals surface area contributed by atoms with Gasteiger partial charge in [-0.15, -0.1) is 0 Å². The molecule has 148 valence electrons. The maximum atomic E-state index is 12.2. The van der Waals surface area contributed by atoms with Gasteiger partial charge in [0.2, 0.25) is 23.6 Å². The summed E-state index contributed by atoms with van der Waals surface area (Å²) in [7, 11) is 0. The SMILES string of the molecule is CC(C)[C@H](NC(=O)[C@H](C)NC(=O)[C@H](CC(N)=O)NC(=O)[C@H](C)N)C(=O)O. The summed E-state index contributed by atoms with van der Waals surface area (Å²) in [5.41, 5.74) is 10.5. The number of rotatable bonds is 10. The molecule has 0 saturated heterocycles. The minimum Gasteiger partial charge on any atom is -0.480 e. The highest BCUT2D eigenvalue weighted by atomic mass is 16.4. The van der Waals surface area contributed by atoms with E-state index in [1.54, 1.807) is 13.8 Å². The Hall–Kier alpha value is -2.69. The van der Waals surface area contributed by atoms with E-state index in [4.69, 9.17) is 16.6 Å². The standard InChI is InChI=1S/C15H27N5O6/c1-6(2)11(15(25)26)20-13(23)8(4)18-14(24)9(5-10(17)21)19-12(22)7(3)16/h6-9,11H,5,16H2,1-4H3,(H2,17,21)(H,18,24)(H,19,22)(H,20,23)(H,25,26)/t7-,8-,9-,11-/m0/s1. The molecule has 0 saturated carbocycles. The van der Waals surface area contributed by atoms with E-state index in [-0.39, 0.29) is 5.92 Å². The quantitative estimate of drug-likeness (QED) is 0.242. The summed E-state index contributed by atoms with van der Waals surface area (Å²) in [4.78, 5) is 58.2. The fraction of sp³-hybridized carbons (Fsp3) is 0.667. The Balaban J connectivity index is 4.99. The molecule has 0 aliphatic heterocycles. The van der Waals surface area contributed by atoms with Crippen molar-refractivity contribution >= 4 is 29.6 Å². The van der Waals surface area contributed by atoms with Crippen LogP contribution in [0, 0.1) is 5.92 Å². The smallest absolute Gasteiger partial charge is 0.326 e. The average Bonchev–Trinajstić information content (AvgIpc) is 2.49. The number of carbonyl (C=O) groups excluding carboxylic acids is 4. The molecule has 26 heavy (non-hydrogen) atoms. The molecule has 0 rings (SSSR count). The fourth-order valence-electron chi connectivity index (χ4n) is 1.88. The molecule has 4 atom stereocenters. The van der Waals surface area contributed by atoms with Gasteiger partial charge >= 0.3 is 5.97 Å². The lowest BCUT2D eigenvalue weighted by Gasteiger charge is -2.23. The van der Waals surface area contributed by atoms with Crippen molar-refractivity contribution in [3.05, 3.63) is 0 Å². The van der Waals surface area contributed by atoms with Gasteiger partial charge in [0.25, 0.3) is 0 Å². The molecule has 0 unspecified atom stereocenters. The van der Waals surface area contributed by atoms with Gasteiger partial charge in [0.1, 0.15) is 18.1 Å². The molecule has 0 heterocycles. The van der Waals surface area contributed by atoms with E-state index >= 15 is 0 Å². The first kappa shape index (κ1) is 23.3. The summed E-state index contributed by atoms with van der Waals surface area (Å²) < 4.78 is 0. The molecule has 0 aliphatic rings. The summed E-state index contributed by atoms with van der Waals surface area (Å²) in [5.74, 6) is -4.63. The van der Waals surface area contributed by atoms with Crippen molar-refractivity contribution in [3.63, 3.8) is 0 Å².